The molecule has 5 heteroatoms. The molecule has 0 amide bonds. The molecule has 5 nitrogen and oxygen atoms in total. The number of benzene rings is 1. The van der Waals surface area contributed by atoms with Gasteiger partial charge in [-0.15, -0.1) is 0 Å². The summed E-state index contributed by atoms with van der Waals surface area (Å²) in [5, 5.41) is 3.94. The van der Waals surface area contributed by atoms with Gasteiger partial charge in [-0.3, -0.25) is 0 Å². The number of nitrogens with zero attached hydrogens (tertiary/aromatic N) is 3. The van der Waals surface area contributed by atoms with Gasteiger partial charge in [0.25, 0.3) is 0 Å². The Labute approximate surface area is 116 Å². The van der Waals surface area contributed by atoms with E-state index in [1.807, 2.05) is 50.4 Å². The Bertz CT molecular complexity index is 768. The van der Waals surface area contributed by atoms with E-state index < -0.39 is 0 Å². The van der Waals surface area contributed by atoms with Gasteiger partial charge < -0.3 is 11.1 Å². The van der Waals surface area contributed by atoms with E-state index in [9.17, 15) is 0 Å². The first-order chi connectivity index (χ1) is 9.69. The largest absolute Gasteiger partial charge is 0.372 e. The van der Waals surface area contributed by atoms with E-state index in [1.54, 1.807) is 0 Å². The maximum absolute atomic E-state index is 5.74. The third-order valence-electron chi connectivity index (χ3n) is 3.19. The molecule has 3 N–H and O–H groups in total. The highest BCUT2D eigenvalue weighted by molar-refractivity contribution is 5.92. The molecule has 0 radical (unpaired) electrons. The summed E-state index contributed by atoms with van der Waals surface area (Å²) in [5.41, 5.74) is 9.36. The third kappa shape index (κ3) is 2.03. The summed E-state index contributed by atoms with van der Waals surface area (Å²) in [6.07, 6.45) is 0. The van der Waals surface area contributed by atoms with E-state index >= 15 is 0 Å². The fourth-order valence-electron chi connectivity index (χ4n) is 2.27. The molecule has 0 bridgehead atoms. The fourth-order valence-corrected chi connectivity index (χ4v) is 2.27. The molecule has 2 heterocycles. The second kappa shape index (κ2) is 4.77. The number of nitrogens with one attached hydrogen (secondary N) is 1. The van der Waals surface area contributed by atoms with Gasteiger partial charge in [-0.2, -0.15) is 9.97 Å². The molecule has 20 heavy (non-hydrogen) atoms. The standard InChI is InChI=1S/C15H15N5/c1-9-8-11(10-6-4-3-5-7-10)18-14-12(9)13(17-2)19-15(16)20-14/h3-8H,1-2H3,(H3,16,17,18,19,20). The average Bonchev–Trinajstić information content (AvgIpc) is 2.46. The van der Waals surface area contributed by atoms with Crippen LogP contribution in [0, 0.1) is 6.92 Å². The first-order valence-electron chi connectivity index (χ1n) is 6.37. The number of pyridine rings is 1. The van der Waals surface area contributed by atoms with Gasteiger partial charge in [0.2, 0.25) is 5.95 Å². The van der Waals surface area contributed by atoms with E-state index in [-0.39, 0.29) is 5.95 Å². The van der Waals surface area contributed by atoms with Crippen LogP contribution in [0.4, 0.5) is 11.8 Å². The molecule has 3 rings (SSSR count). The van der Waals surface area contributed by atoms with Gasteiger partial charge in [0.05, 0.1) is 11.1 Å². The van der Waals surface area contributed by atoms with Crippen molar-refractivity contribution in [1.29, 1.82) is 0 Å². The number of hydrogen-bond donors (Lipinski definition) is 2. The van der Waals surface area contributed by atoms with Gasteiger partial charge in [0.1, 0.15) is 5.82 Å². The van der Waals surface area contributed by atoms with Crippen LogP contribution in [0.3, 0.4) is 0 Å². The second-order valence-corrected chi connectivity index (χ2v) is 4.57. The summed E-state index contributed by atoms with van der Waals surface area (Å²) in [4.78, 5) is 13.1. The van der Waals surface area contributed by atoms with Gasteiger partial charge in [-0.05, 0) is 18.6 Å². The summed E-state index contributed by atoms with van der Waals surface area (Å²) in [6, 6.07) is 12.1. The molecule has 0 aliphatic carbocycles. The number of rotatable bonds is 2. The summed E-state index contributed by atoms with van der Waals surface area (Å²) < 4.78 is 0. The number of nitrogen functional groups attached to an aromatic ring is 1. The van der Waals surface area contributed by atoms with Crippen molar-refractivity contribution in [3.63, 3.8) is 0 Å². The Morgan fingerprint density at radius 1 is 1.05 bits per heavy atom. The maximum Gasteiger partial charge on any atom is 0.224 e. The Morgan fingerprint density at radius 2 is 1.80 bits per heavy atom. The molecule has 0 fully saturated rings. The van der Waals surface area contributed by atoms with Crippen LogP contribution in [-0.4, -0.2) is 22.0 Å². The van der Waals surface area contributed by atoms with Crippen molar-refractivity contribution in [2.75, 3.05) is 18.1 Å². The summed E-state index contributed by atoms with van der Waals surface area (Å²) in [6.45, 7) is 2.02. The fraction of sp³-hybridized carbons (Fsp3) is 0.133. The molecule has 3 aromatic rings. The minimum absolute atomic E-state index is 0.221. The average molecular weight is 265 g/mol. The van der Waals surface area contributed by atoms with Crippen LogP contribution in [0.5, 0.6) is 0 Å². The summed E-state index contributed by atoms with van der Waals surface area (Å²) in [5.74, 6) is 0.927. The minimum Gasteiger partial charge on any atom is -0.372 e. The van der Waals surface area contributed by atoms with Crippen molar-refractivity contribution in [2.45, 2.75) is 6.92 Å². The number of nitrogens with two attached hydrogens (primary N) is 1. The van der Waals surface area contributed by atoms with Crippen LogP contribution in [0.2, 0.25) is 0 Å². The Hall–Kier alpha value is -2.69. The molecular formula is C15H15N5. The third-order valence-corrected chi connectivity index (χ3v) is 3.19. The molecule has 0 aliphatic rings. The zero-order valence-corrected chi connectivity index (χ0v) is 11.4. The Balaban J connectivity index is 2.30. The van der Waals surface area contributed by atoms with E-state index in [0.29, 0.717) is 11.5 Å². The van der Waals surface area contributed by atoms with Crippen molar-refractivity contribution in [3.05, 3.63) is 42.0 Å². The normalized spacial score (nSPS) is 10.7. The van der Waals surface area contributed by atoms with Crippen molar-refractivity contribution in [2.24, 2.45) is 0 Å². The molecular weight excluding hydrogens is 250 g/mol. The van der Waals surface area contributed by atoms with Crippen molar-refractivity contribution in [1.82, 2.24) is 15.0 Å². The second-order valence-electron chi connectivity index (χ2n) is 4.57. The van der Waals surface area contributed by atoms with Crippen molar-refractivity contribution < 1.29 is 0 Å². The van der Waals surface area contributed by atoms with Gasteiger partial charge >= 0.3 is 0 Å². The van der Waals surface area contributed by atoms with Crippen LogP contribution in [0.15, 0.2) is 36.4 Å². The molecule has 1 aromatic carbocycles. The van der Waals surface area contributed by atoms with E-state index in [1.165, 1.54) is 0 Å². The highest BCUT2D eigenvalue weighted by Gasteiger charge is 2.11. The summed E-state index contributed by atoms with van der Waals surface area (Å²) in [7, 11) is 1.81. The first-order valence-corrected chi connectivity index (χ1v) is 6.37. The smallest absolute Gasteiger partial charge is 0.224 e. The highest BCUT2D eigenvalue weighted by Crippen LogP contribution is 2.27. The zero-order valence-electron chi connectivity index (χ0n) is 11.4. The zero-order chi connectivity index (χ0) is 14.1. The lowest BCUT2D eigenvalue weighted by Gasteiger charge is -2.10. The van der Waals surface area contributed by atoms with Crippen molar-refractivity contribution >= 4 is 22.8 Å². The first kappa shape index (κ1) is 12.3. The lowest BCUT2D eigenvalue weighted by atomic mass is 10.1. The maximum atomic E-state index is 5.74. The summed E-state index contributed by atoms with van der Waals surface area (Å²) >= 11 is 0. The lowest BCUT2D eigenvalue weighted by Crippen LogP contribution is -2.03. The van der Waals surface area contributed by atoms with E-state index in [2.05, 4.69) is 20.3 Å². The molecule has 0 spiro atoms. The van der Waals surface area contributed by atoms with Crippen LogP contribution in [-0.2, 0) is 0 Å². The number of aryl methyl sites for hydroxylation is 1. The SMILES string of the molecule is CNc1nc(N)nc2nc(-c3ccccc3)cc(C)c12. The van der Waals surface area contributed by atoms with E-state index in [4.69, 9.17) is 5.73 Å². The molecule has 100 valence electrons. The van der Waals surface area contributed by atoms with Crippen LogP contribution < -0.4 is 11.1 Å². The van der Waals surface area contributed by atoms with Crippen LogP contribution >= 0.6 is 0 Å². The van der Waals surface area contributed by atoms with Crippen LogP contribution in [0.1, 0.15) is 5.56 Å². The van der Waals surface area contributed by atoms with Gasteiger partial charge in [0, 0.05) is 12.6 Å². The molecule has 0 saturated carbocycles. The topological polar surface area (TPSA) is 76.7 Å². The molecule has 0 atom stereocenters. The van der Waals surface area contributed by atoms with Crippen LogP contribution in [0.25, 0.3) is 22.3 Å². The monoisotopic (exact) mass is 265 g/mol. The number of anilines is 2. The van der Waals surface area contributed by atoms with Gasteiger partial charge in [0.15, 0.2) is 5.65 Å². The Kier molecular flexibility index (Phi) is 2.95. The van der Waals surface area contributed by atoms with Gasteiger partial charge in [-0.25, -0.2) is 4.98 Å². The minimum atomic E-state index is 0.221. The molecule has 0 saturated heterocycles. The lowest BCUT2D eigenvalue weighted by molar-refractivity contribution is 1.18. The number of fused-ring (bicyclic) bond motifs is 1. The molecule has 2 aromatic heterocycles. The van der Waals surface area contributed by atoms with Gasteiger partial charge in [-0.1, -0.05) is 30.3 Å². The molecule has 0 aliphatic heterocycles. The number of hydrogen-bond acceptors (Lipinski definition) is 5. The number of aromatic nitrogens is 3. The predicted octanol–water partition coefficient (Wildman–Crippen LogP) is 2.62. The quantitative estimate of drug-likeness (QED) is 0.744. The molecule has 0 unspecified atom stereocenters. The predicted molar refractivity (Wildman–Crippen MR) is 81.5 cm³/mol. The van der Waals surface area contributed by atoms with E-state index in [0.717, 1.165) is 22.2 Å². The van der Waals surface area contributed by atoms with Crippen molar-refractivity contribution in [3.8, 4) is 11.3 Å². The Morgan fingerprint density at radius 3 is 2.50 bits per heavy atom. The highest BCUT2D eigenvalue weighted by atomic mass is 15.1.